The van der Waals surface area contributed by atoms with Gasteiger partial charge in [-0.3, -0.25) is 9.89 Å². The molecule has 7 heteroatoms. The summed E-state index contributed by atoms with van der Waals surface area (Å²) in [5, 5.41) is 10.4. The lowest BCUT2D eigenvalue weighted by atomic mass is 10.2. The maximum absolute atomic E-state index is 12.0. The monoisotopic (exact) mass is 380 g/mol. The average molecular weight is 380 g/mol. The van der Waals surface area contributed by atoms with Crippen molar-refractivity contribution in [3.63, 3.8) is 0 Å². The summed E-state index contributed by atoms with van der Waals surface area (Å²) in [5.74, 6) is 1.60. The van der Waals surface area contributed by atoms with Gasteiger partial charge in [0.25, 0.3) is 0 Å². The molecule has 0 spiro atoms. The zero-order chi connectivity index (χ0) is 18.9. The van der Waals surface area contributed by atoms with Crippen LogP contribution >= 0.6 is 11.8 Å². The molecule has 0 atom stereocenters. The molecule has 0 fully saturated rings. The van der Waals surface area contributed by atoms with Gasteiger partial charge in [0.2, 0.25) is 11.1 Å². The molecule has 27 heavy (non-hydrogen) atoms. The number of ether oxygens (including phenoxy) is 1. The van der Waals surface area contributed by atoms with Crippen molar-refractivity contribution in [1.29, 1.82) is 0 Å². The number of amides is 1. The molecule has 3 rings (SSSR count). The fourth-order valence-electron chi connectivity index (χ4n) is 2.30. The van der Waals surface area contributed by atoms with Gasteiger partial charge in [0.05, 0.1) is 12.9 Å². The van der Waals surface area contributed by atoms with Crippen molar-refractivity contribution in [3.8, 4) is 5.75 Å². The van der Waals surface area contributed by atoms with Crippen molar-refractivity contribution in [1.82, 2.24) is 20.5 Å². The molecule has 0 bridgehead atoms. The molecule has 1 aromatic heterocycles. The van der Waals surface area contributed by atoms with E-state index in [1.54, 1.807) is 7.11 Å². The van der Waals surface area contributed by atoms with E-state index in [9.17, 15) is 4.79 Å². The van der Waals surface area contributed by atoms with Crippen LogP contribution in [-0.4, -0.2) is 34.0 Å². The lowest BCUT2D eigenvalue weighted by Gasteiger charge is -2.06. The summed E-state index contributed by atoms with van der Waals surface area (Å²) in [7, 11) is 1.62. The number of hydrogen-bond donors (Lipinski definition) is 2. The molecule has 138 valence electrons. The third-order valence-corrected chi connectivity index (χ3v) is 4.52. The molecular formula is C20H20N4O2S. The summed E-state index contributed by atoms with van der Waals surface area (Å²) in [6.07, 6.45) is 3.81. The second kappa shape index (κ2) is 9.59. The number of carbonyl (C=O) groups excluding carboxylic acids is 1. The van der Waals surface area contributed by atoms with Crippen molar-refractivity contribution in [2.75, 3.05) is 12.9 Å². The predicted octanol–water partition coefficient (Wildman–Crippen LogP) is 3.39. The molecular weight excluding hydrogens is 360 g/mol. The standard InChI is InChI=1S/C20H20N4O2S/c1-26-17-9-5-8-16(12-17)13-21-19(25)14-27-20-22-18(23-24-20)11-10-15-6-3-2-4-7-15/h2-12H,13-14H2,1H3,(H,21,25)(H,22,23,24)/b11-10+. The Kier molecular flexibility index (Phi) is 6.65. The number of benzene rings is 2. The number of thioether (sulfide) groups is 1. The first-order valence-corrected chi connectivity index (χ1v) is 9.39. The topological polar surface area (TPSA) is 79.9 Å². The number of carbonyl (C=O) groups is 1. The van der Waals surface area contributed by atoms with Crippen LogP contribution in [0.1, 0.15) is 17.0 Å². The molecule has 0 aliphatic heterocycles. The van der Waals surface area contributed by atoms with E-state index in [1.165, 1.54) is 11.8 Å². The smallest absolute Gasteiger partial charge is 0.230 e. The molecule has 0 saturated carbocycles. The molecule has 0 saturated heterocycles. The Labute approximate surface area is 162 Å². The number of H-pyrrole nitrogens is 1. The van der Waals surface area contributed by atoms with Crippen molar-refractivity contribution in [2.45, 2.75) is 11.7 Å². The van der Waals surface area contributed by atoms with E-state index < -0.39 is 0 Å². The Morgan fingerprint density at radius 2 is 2.04 bits per heavy atom. The molecule has 2 N–H and O–H groups in total. The van der Waals surface area contributed by atoms with Gasteiger partial charge in [-0.1, -0.05) is 60.3 Å². The highest BCUT2D eigenvalue weighted by atomic mass is 32.2. The molecule has 6 nitrogen and oxygen atoms in total. The maximum Gasteiger partial charge on any atom is 0.230 e. The molecule has 0 unspecified atom stereocenters. The van der Waals surface area contributed by atoms with Crippen molar-refractivity contribution in [2.24, 2.45) is 0 Å². The largest absolute Gasteiger partial charge is 0.497 e. The van der Waals surface area contributed by atoms with Crippen molar-refractivity contribution < 1.29 is 9.53 Å². The van der Waals surface area contributed by atoms with Gasteiger partial charge in [0.1, 0.15) is 11.6 Å². The number of rotatable bonds is 8. The van der Waals surface area contributed by atoms with Gasteiger partial charge in [0.15, 0.2) is 0 Å². The van der Waals surface area contributed by atoms with Crippen molar-refractivity contribution >= 4 is 29.8 Å². The van der Waals surface area contributed by atoms with Crippen LogP contribution in [0.2, 0.25) is 0 Å². The third-order valence-electron chi connectivity index (χ3n) is 3.67. The van der Waals surface area contributed by atoms with E-state index in [2.05, 4.69) is 20.5 Å². The van der Waals surface area contributed by atoms with Gasteiger partial charge in [-0.2, -0.15) is 0 Å². The van der Waals surface area contributed by atoms with Gasteiger partial charge >= 0.3 is 0 Å². The van der Waals surface area contributed by atoms with E-state index in [1.807, 2.05) is 66.7 Å². The van der Waals surface area contributed by atoms with Gasteiger partial charge in [0, 0.05) is 6.54 Å². The van der Waals surface area contributed by atoms with Crippen LogP contribution in [0.15, 0.2) is 59.8 Å². The van der Waals surface area contributed by atoms with Crippen LogP contribution in [0.4, 0.5) is 0 Å². The first-order chi connectivity index (χ1) is 13.2. The zero-order valence-electron chi connectivity index (χ0n) is 14.9. The van der Waals surface area contributed by atoms with Crippen molar-refractivity contribution in [3.05, 3.63) is 71.5 Å². The van der Waals surface area contributed by atoms with E-state index in [4.69, 9.17) is 4.74 Å². The number of hydrogen-bond acceptors (Lipinski definition) is 5. The van der Waals surface area contributed by atoms with Gasteiger partial charge in [-0.05, 0) is 29.3 Å². The van der Waals surface area contributed by atoms with Gasteiger partial charge in [-0.15, -0.1) is 5.10 Å². The van der Waals surface area contributed by atoms with Crippen LogP contribution in [0.5, 0.6) is 5.75 Å². The minimum absolute atomic E-state index is 0.0750. The summed E-state index contributed by atoms with van der Waals surface area (Å²) in [4.78, 5) is 16.4. The highest BCUT2D eigenvalue weighted by Gasteiger charge is 2.07. The minimum Gasteiger partial charge on any atom is -0.497 e. The number of nitrogens with zero attached hydrogens (tertiary/aromatic N) is 2. The maximum atomic E-state index is 12.0. The summed E-state index contributed by atoms with van der Waals surface area (Å²) in [5.41, 5.74) is 2.07. The molecule has 0 radical (unpaired) electrons. The van der Waals surface area contributed by atoms with E-state index in [-0.39, 0.29) is 11.7 Å². The Morgan fingerprint density at radius 3 is 2.85 bits per heavy atom. The molecule has 2 aromatic carbocycles. The second-order valence-electron chi connectivity index (χ2n) is 5.66. The van der Waals surface area contributed by atoms with Crippen LogP contribution < -0.4 is 10.1 Å². The van der Waals surface area contributed by atoms with E-state index in [0.717, 1.165) is 16.9 Å². The molecule has 1 heterocycles. The molecule has 1 amide bonds. The predicted molar refractivity (Wildman–Crippen MR) is 107 cm³/mol. The van der Waals surface area contributed by atoms with Crippen LogP contribution in [-0.2, 0) is 11.3 Å². The zero-order valence-corrected chi connectivity index (χ0v) is 15.7. The Balaban J connectivity index is 1.45. The Bertz CT molecular complexity index is 909. The number of methoxy groups -OCH3 is 1. The highest BCUT2D eigenvalue weighted by molar-refractivity contribution is 7.99. The summed E-state index contributed by atoms with van der Waals surface area (Å²) in [6, 6.07) is 17.5. The van der Waals surface area contributed by atoms with E-state index >= 15 is 0 Å². The minimum atomic E-state index is -0.0750. The molecule has 0 aliphatic carbocycles. The average Bonchev–Trinajstić information content (AvgIpc) is 3.18. The lowest BCUT2D eigenvalue weighted by molar-refractivity contribution is -0.118. The van der Waals surface area contributed by atoms with Gasteiger partial charge < -0.3 is 10.1 Å². The number of nitrogens with one attached hydrogen (secondary N) is 2. The first-order valence-electron chi connectivity index (χ1n) is 8.41. The SMILES string of the molecule is COc1cccc(CNC(=O)CSc2n[nH]c(/C=C/c3ccccc3)n2)c1. The fourth-order valence-corrected chi connectivity index (χ4v) is 2.94. The van der Waals surface area contributed by atoms with Crippen LogP contribution in [0.3, 0.4) is 0 Å². The van der Waals surface area contributed by atoms with Crippen LogP contribution in [0.25, 0.3) is 12.2 Å². The van der Waals surface area contributed by atoms with Crippen LogP contribution in [0, 0.1) is 0 Å². The quantitative estimate of drug-likeness (QED) is 0.586. The Morgan fingerprint density at radius 1 is 1.19 bits per heavy atom. The normalized spacial score (nSPS) is 10.9. The molecule has 3 aromatic rings. The lowest BCUT2D eigenvalue weighted by Crippen LogP contribution is -2.24. The number of aromatic nitrogens is 3. The molecule has 0 aliphatic rings. The second-order valence-corrected chi connectivity index (χ2v) is 6.61. The van der Waals surface area contributed by atoms with Gasteiger partial charge in [-0.25, -0.2) is 4.98 Å². The van der Waals surface area contributed by atoms with E-state index in [0.29, 0.717) is 17.5 Å². The summed E-state index contributed by atoms with van der Waals surface area (Å²) < 4.78 is 5.18. The Hall–Kier alpha value is -3.06. The third kappa shape index (κ3) is 6.00. The first kappa shape index (κ1) is 18.7. The summed E-state index contributed by atoms with van der Waals surface area (Å²) in [6.45, 7) is 0.454. The summed E-state index contributed by atoms with van der Waals surface area (Å²) >= 11 is 1.29. The fraction of sp³-hybridized carbons (Fsp3) is 0.150. The highest BCUT2D eigenvalue weighted by Crippen LogP contribution is 2.14. The number of aromatic amines is 1.